The molecule has 0 spiro atoms. The first-order valence-electron chi connectivity index (χ1n) is 7.12. The molecule has 0 aliphatic carbocycles. The second kappa shape index (κ2) is 5.87. The zero-order chi connectivity index (χ0) is 14.7. The smallest absolute Gasteiger partial charge is 0.251 e. The number of amides is 1. The van der Waals surface area contributed by atoms with Crippen molar-refractivity contribution in [2.75, 3.05) is 23.7 Å². The SMILES string of the molecule is CC(Cn1cccn1)NC(=O)c1ccc2c(c1)NCCN2. The number of benzene rings is 1. The number of carbonyl (C=O) groups excluding carboxylic acids is 1. The van der Waals surface area contributed by atoms with Crippen molar-refractivity contribution in [2.45, 2.75) is 19.5 Å². The van der Waals surface area contributed by atoms with Crippen LogP contribution in [0.15, 0.2) is 36.7 Å². The van der Waals surface area contributed by atoms with Gasteiger partial charge in [0.15, 0.2) is 0 Å². The molecule has 2 aromatic rings. The predicted octanol–water partition coefficient (Wildman–Crippen LogP) is 1.54. The van der Waals surface area contributed by atoms with Crippen molar-refractivity contribution in [1.29, 1.82) is 0 Å². The number of anilines is 2. The fourth-order valence-corrected chi connectivity index (χ4v) is 2.42. The molecular formula is C15H19N5O. The van der Waals surface area contributed by atoms with E-state index in [-0.39, 0.29) is 11.9 Å². The summed E-state index contributed by atoms with van der Waals surface area (Å²) in [6.07, 6.45) is 3.62. The summed E-state index contributed by atoms with van der Waals surface area (Å²) in [6.45, 7) is 4.40. The van der Waals surface area contributed by atoms with E-state index >= 15 is 0 Å². The van der Waals surface area contributed by atoms with Crippen LogP contribution < -0.4 is 16.0 Å². The molecule has 3 N–H and O–H groups in total. The summed E-state index contributed by atoms with van der Waals surface area (Å²) in [5.41, 5.74) is 2.69. The van der Waals surface area contributed by atoms with Gasteiger partial charge in [-0.05, 0) is 31.2 Å². The second-order valence-corrected chi connectivity index (χ2v) is 5.22. The van der Waals surface area contributed by atoms with Gasteiger partial charge in [0.2, 0.25) is 0 Å². The van der Waals surface area contributed by atoms with E-state index in [1.54, 1.807) is 6.20 Å². The molecule has 0 saturated carbocycles. The fraction of sp³-hybridized carbons (Fsp3) is 0.333. The first kappa shape index (κ1) is 13.5. The number of aromatic nitrogens is 2. The lowest BCUT2D eigenvalue weighted by Crippen LogP contribution is -2.36. The van der Waals surface area contributed by atoms with Crippen molar-refractivity contribution < 1.29 is 4.79 Å². The number of carbonyl (C=O) groups is 1. The lowest BCUT2D eigenvalue weighted by Gasteiger charge is -2.21. The maximum atomic E-state index is 12.3. The number of fused-ring (bicyclic) bond motifs is 1. The average Bonchev–Trinajstić information content (AvgIpc) is 2.99. The molecule has 21 heavy (non-hydrogen) atoms. The molecule has 0 fully saturated rings. The van der Waals surface area contributed by atoms with Crippen LogP contribution in [-0.2, 0) is 6.54 Å². The Balaban J connectivity index is 1.64. The maximum absolute atomic E-state index is 12.3. The molecule has 6 heteroatoms. The van der Waals surface area contributed by atoms with E-state index in [1.165, 1.54) is 0 Å². The molecule has 1 aromatic carbocycles. The zero-order valence-corrected chi connectivity index (χ0v) is 12.0. The Bertz CT molecular complexity index is 623. The normalized spacial score (nSPS) is 14.5. The van der Waals surface area contributed by atoms with Gasteiger partial charge in [0, 0.05) is 37.1 Å². The van der Waals surface area contributed by atoms with Crippen molar-refractivity contribution in [3.63, 3.8) is 0 Å². The molecule has 1 amide bonds. The highest BCUT2D eigenvalue weighted by molar-refractivity contribution is 5.96. The molecule has 1 unspecified atom stereocenters. The van der Waals surface area contributed by atoms with Gasteiger partial charge in [-0.1, -0.05) is 0 Å². The molecule has 1 aliphatic heterocycles. The summed E-state index contributed by atoms with van der Waals surface area (Å²) < 4.78 is 1.81. The topological polar surface area (TPSA) is 71.0 Å². The van der Waals surface area contributed by atoms with Crippen LogP contribution in [0.4, 0.5) is 11.4 Å². The van der Waals surface area contributed by atoms with E-state index in [0.717, 1.165) is 24.5 Å². The molecular weight excluding hydrogens is 266 g/mol. The molecule has 0 bridgehead atoms. The summed E-state index contributed by atoms with van der Waals surface area (Å²) in [6, 6.07) is 7.55. The van der Waals surface area contributed by atoms with E-state index in [0.29, 0.717) is 12.1 Å². The molecule has 6 nitrogen and oxygen atoms in total. The zero-order valence-electron chi connectivity index (χ0n) is 12.0. The third-order valence-electron chi connectivity index (χ3n) is 3.44. The lowest BCUT2D eigenvalue weighted by atomic mass is 10.1. The van der Waals surface area contributed by atoms with Crippen LogP contribution in [0.5, 0.6) is 0 Å². The van der Waals surface area contributed by atoms with Gasteiger partial charge in [-0.2, -0.15) is 5.10 Å². The summed E-state index contributed by atoms with van der Waals surface area (Å²) in [4.78, 5) is 12.3. The van der Waals surface area contributed by atoms with Gasteiger partial charge in [0.05, 0.1) is 17.9 Å². The van der Waals surface area contributed by atoms with Gasteiger partial charge in [-0.15, -0.1) is 0 Å². The van der Waals surface area contributed by atoms with Gasteiger partial charge >= 0.3 is 0 Å². The molecule has 3 rings (SSSR count). The molecule has 1 aromatic heterocycles. The van der Waals surface area contributed by atoms with Crippen molar-refractivity contribution in [2.24, 2.45) is 0 Å². The summed E-state index contributed by atoms with van der Waals surface area (Å²) in [5.74, 6) is -0.0650. The molecule has 1 atom stereocenters. The first-order valence-corrected chi connectivity index (χ1v) is 7.12. The first-order chi connectivity index (χ1) is 10.2. The second-order valence-electron chi connectivity index (χ2n) is 5.22. The third-order valence-corrected chi connectivity index (χ3v) is 3.44. The molecule has 0 radical (unpaired) electrons. The number of nitrogens with one attached hydrogen (secondary N) is 3. The Morgan fingerprint density at radius 2 is 2.19 bits per heavy atom. The van der Waals surface area contributed by atoms with Crippen LogP contribution in [0, 0.1) is 0 Å². The summed E-state index contributed by atoms with van der Waals surface area (Å²) in [7, 11) is 0. The minimum absolute atomic E-state index is 0.0134. The Morgan fingerprint density at radius 3 is 2.95 bits per heavy atom. The minimum Gasteiger partial charge on any atom is -0.382 e. The van der Waals surface area contributed by atoms with E-state index in [2.05, 4.69) is 21.0 Å². The number of hydrogen-bond donors (Lipinski definition) is 3. The molecule has 0 saturated heterocycles. The van der Waals surface area contributed by atoms with Gasteiger partial charge in [0.25, 0.3) is 5.91 Å². The number of rotatable bonds is 4. The van der Waals surface area contributed by atoms with Gasteiger partial charge < -0.3 is 16.0 Å². The Morgan fingerprint density at radius 1 is 1.38 bits per heavy atom. The van der Waals surface area contributed by atoms with Gasteiger partial charge in [0.1, 0.15) is 0 Å². The van der Waals surface area contributed by atoms with Gasteiger partial charge in [-0.25, -0.2) is 0 Å². The van der Waals surface area contributed by atoms with Crippen molar-refractivity contribution in [3.8, 4) is 0 Å². The van der Waals surface area contributed by atoms with Crippen molar-refractivity contribution in [3.05, 3.63) is 42.2 Å². The monoisotopic (exact) mass is 285 g/mol. The van der Waals surface area contributed by atoms with Crippen LogP contribution in [0.2, 0.25) is 0 Å². The average molecular weight is 285 g/mol. The lowest BCUT2D eigenvalue weighted by molar-refractivity contribution is 0.0936. The van der Waals surface area contributed by atoms with Crippen LogP contribution in [0.3, 0.4) is 0 Å². The summed E-state index contributed by atoms with van der Waals surface area (Å²) in [5, 5.41) is 13.7. The fourth-order valence-electron chi connectivity index (χ4n) is 2.42. The van der Waals surface area contributed by atoms with E-state index in [4.69, 9.17) is 0 Å². The van der Waals surface area contributed by atoms with E-state index in [1.807, 2.05) is 42.1 Å². The number of nitrogens with zero attached hydrogens (tertiary/aromatic N) is 2. The third kappa shape index (κ3) is 3.16. The standard InChI is InChI=1S/C15H19N5O/c1-11(10-20-8-2-5-18-20)19-15(21)12-3-4-13-14(9-12)17-7-6-16-13/h2-5,8-9,11,16-17H,6-7,10H2,1H3,(H,19,21). The minimum atomic E-state index is -0.0650. The van der Waals surface area contributed by atoms with Gasteiger partial charge in [-0.3, -0.25) is 9.48 Å². The predicted molar refractivity (Wildman–Crippen MR) is 82.6 cm³/mol. The van der Waals surface area contributed by atoms with Crippen LogP contribution in [0.25, 0.3) is 0 Å². The molecule has 2 heterocycles. The van der Waals surface area contributed by atoms with Crippen molar-refractivity contribution >= 4 is 17.3 Å². The van der Waals surface area contributed by atoms with Crippen LogP contribution in [-0.4, -0.2) is 34.8 Å². The quantitative estimate of drug-likeness (QED) is 0.797. The van der Waals surface area contributed by atoms with Crippen LogP contribution in [0.1, 0.15) is 17.3 Å². The highest BCUT2D eigenvalue weighted by Gasteiger charge is 2.14. The maximum Gasteiger partial charge on any atom is 0.251 e. The highest BCUT2D eigenvalue weighted by atomic mass is 16.1. The number of hydrogen-bond acceptors (Lipinski definition) is 4. The van der Waals surface area contributed by atoms with Crippen molar-refractivity contribution in [1.82, 2.24) is 15.1 Å². The Kier molecular flexibility index (Phi) is 3.77. The van der Waals surface area contributed by atoms with Crippen LogP contribution >= 0.6 is 0 Å². The summed E-state index contributed by atoms with van der Waals surface area (Å²) >= 11 is 0. The molecule has 1 aliphatic rings. The Hall–Kier alpha value is -2.50. The highest BCUT2D eigenvalue weighted by Crippen LogP contribution is 2.25. The Labute approximate surface area is 123 Å². The largest absolute Gasteiger partial charge is 0.382 e. The van der Waals surface area contributed by atoms with E-state index in [9.17, 15) is 4.79 Å². The molecule has 110 valence electrons. The van der Waals surface area contributed by atoms with E-state index < -0.39 is 0 Å².